The fourth-order valence-electron chi connectivity index (χ4n) is 0.810. The molecule has 0 saturated heterocycles. The van der Waals surface area contributed by atoms with Gasteiger partial charge in [-0.05, 0) is 12.1 Å². The summed E-state index contributed by atoms with van der Waals surface area (Å²) < 4.78 is 12.4. The van der Waals surface area contributed by atoms with Gasteiger partial charge in [0.15, 0.2) is 0 Å². The van der Waals surface area contributed by atoms with Crippen molar-refractivity contribution in [2.24, 2.45) is 5.73 Å². The molecule has 3 nitrogen and oxygen atoms in total. The van der Waals surface area contributed by atoms with Crippen molar-refractivity contribution < 1.29 is 4.39 Å². The number of aromatic nitrogens is 1. The fourth-order valence-corrected chi connectivity index (χ4v) is 0.810. The molecule has 0 spiro atoms. The molecule has 0 saturated carbocycles. The average molecular weight is 202 g/mol. The molecule has 1 atom stereocenters. The maximum Gasteiger partial charge on any atom is 0.141 e. The third-order valence-corrected chi connectivity index (χ3v) is 1.44. The van der Waals surface area contributed by atoms with Crippen LogP contribution in [-0.2, 0) is 0 Å². The van der Waals surface area contributed by atoms with Gasteiger partial charge in [0.25, 0.3) is 0 Å². The first-order valence-corrected chi connectivity index (χ1v) is 3.48. The highest BCUT2D eigenvalue weighted by Gasteiger charge is 2.05. The Bertz CT molecular complexity index is 293. The van der Waals surface area contributed by atoms with Gasteiger partial charge in [-0.2, -0.15) is 5.26 Å². The van der Waals surface area contributed by atoms with Crippen molar-refractivity contribution in [1.29, 1.82) is 5.26 Å². The van der Waals surface area contributed by atoms with E-state index in [1.165, 1.54) is 12.1 Å². The molecule has 0 fully saturated rings. The smallest absolute Gasteiger partial charge is 0.141 e. The molecule has 1 aromatic heterocycles. The van der Waals surface area contributed by atoms with Crippen molar-refractivity contribution in [3.8, 4) is 6.07 Å². The van der Waals surface area contributed by atoms with Crippen LogP contribution in [0.4, 0.5) is 4.39 Å². The second-order valence-electron chi connectivity index (χ2n) is 2.37. The topological polar surface area (TPSA) is 62.7 Å². The molecular weight excluding hydrogens is 193 g/mol. The lowest BCUT2D eigenvalue weighted by atomic mass is 10.1. The van der Waals surface area contributed by atoms with Gasteiger partial charge >= 0.3 is 0 Å². The summed E-state index contributed by atoms with van der Waals surface area (Å²) in [5.74, 6) is -0.400. The maximum atomic E-state index is 12.4. The predicted octanol–water partition coefficient (Wildman–Crippen LogP) is 1.56. The average Bonchev–Trinajstić information content (AvgIpc) is 2.06. The number of pyridine rings is 1. The molecule has 0 aliphatic heterocycles. The van der Waals surface area contributed by atoms with Crippen molar-refractivity contribution in [2.45, 2.75) is 12.5 Å². The third kappa shape index (κ3) is 3.36. The van der Waals surface area contributed by atoms with Gasteiger partial charge in [-0.3, -0.25) is 4.98 Å². The van der Waals surface area contributed by atoms with E-state index in [1.54, 1.807) is 0 Å². The van der Waals surface area contributed by atoms with Crippen LogP contribution in [0.3, 0.4) is 0 Å². The van der Waals surface area contributed by atoms with Gasteiger partial charge in [0, 0.05) is 0 Å². The van der Waals surface area contributed by atoms with Crippen LogP contribution in [0.25, 0.3) is 0 Å². The molecule has 70 valence electrons. The molecule has 0 bridgehead atoms. The highest BCUT2D eigenvalue weighted by Crippen LogP contribution is 2.09. The van der Waals surface area contributed by atoms with Gasteiger partial charge in [-0.25, -0.2) is 4.39 Å². The minimum absolute atomic E-state index is 0. The first-order valence-electron chi connectivity index (χ1n) is 3.48. The van der Waals surface area contributed by atoms with Gasteiger partial charge in [-0.1, -0.05) is 0 Å². The van der Waals surface area contributed by atoms with Crippen molar-refractivity contribution in [1.82, 2.24) is 4.98 Å². The largest absolute Gasteiger partial charge is 0.322 e. The van der Waals surface area contributed by atoms with E-state index in [0.29, 0.717) is 5.69 Å². The second kappa shape index (κ2) is 5.46. The van der Waals surface area contributed by atoms with Crippen LogP contribution < -0.4 is 5.73 Å². The Morgan fingerprint density at radius 2 is 2.31 bits per heavy atom. The van der Waals surface area contributed by atoms with E-state index in [0.717, 1.165) is 6.20 Å². The summed E-state index contributed by atoms with van der Waals surface area (Å²) in [4.78, 5) is 3.75. The number of halogens is 2. The summed E-state index contributed by atoms with van der Waals surface area (Å²) in [6.07, 6.45) is 1.28. The van der Waals surface area contributed by atoms with Crippen molar-refractivity contribution >= 4 is 12.4 Å². The quantitative estimate of drug-likeness (QED) is 0.790. The van der Waals surface area contributed by atoms with Crippen molar-refractivity contribution in [3.63, 3.8) is 0 Å². The van der Waals surface area contributed by atoms with Crippen LogP contribution in [0.15, 0.2) is 18.3 Å². The predicted molar refractivity (Wildman–Crippen MR) is 48.6 cm³/mol. The molecule has 0 aliphatic rings. The first-order chi connectivity index (χ1) is 5.74. The van der Waals surface area contributed by atoms with Gasteiger partial charge in [0.1, 0.15) is 5.82 Å². The minimum Gasteiger partial charge on any atom is -0.322 e. The number of nitriles is 1. The third-order valence-electron chi connectivity index (χ3n) is 1.44. The van der Waals surface area contributed by atoms with E-state index in [1.807, 2.05) is 6.07 Å². The summed E-state index contributed by atoms with van der Waals surface area (Å²) in [6, 6.07) is 4.26. The summed E-state index contributed by atoms with van der Waals surface area (Å²) in [5.41, 5.74) is 6.09. The number of hydrogen-bond acceptors (Lipinski definition) is 3. The van der Waals surface area contributed by atoms with Crippen LogP contribution in [0.2, 0.25) is 0 Å². The van der Waals surface area contributed by atoms with E-state index >= 15 is 0 Å². The van der Waals surface area contributed by atoms with Crippen molar-refractivity contribution in [2.75, 3.05) is 0 Å². The number of nitrogens with two attached hydrogens (primary N) is 1. The van der Waals surface area contributed by atoms with E-state index in [-0.39, 0.29) is 18.8 Å². The Kier molecular flexibility index (Phi) is 4.97. The van der Waals surface area contributed by atoms with E-state index in [2.05, 4.69) is 4.98 Å². The maximum absolute atomic E-state index is 12.4. The van der Waals surface area contributed by atoms with Gasteiger partial charge in [-0.15, -0.1) is 12.4 Å². The molecule has 1 heterocycles. The molecule has 13 heavy (non-hydrogen) atoms. The summed E-state index contributed by atoms with van der Waals surface area (Å²) in [6.45, 7) is 0. The van der Waals surface area contributed by atoms with Crippen molar-refractivity contribution in [3.05, 3.63) is 29.8 Å². The van der Waals surface area contributed by atoms with Crippen LogP contribution in [0, 0.1) is 17.1 Å². The zero-order valence-electron chi connectivity index (χ0n) is 6.77. The number of nitrogens with zero attached hydrogens (tertiary/aromatic N) is 2. The first kappa shape index (κ1) is 11.8. The van der Waals surface area contributed by atoms with E-state index in [9.17, 15) is 4.39 Å². The minimum atomic E-state index is -0.421. The normalized spacial score (nSPS) is 11.2. The summed E-state index contributed by atoms with van der Waals surface area (Å²) >= 11 is 0. The van der Waals surface area contributed by atoms with Gasteiger partial charge in [0.05, 0.1) is 30.4 Å². The molecule has 0 amide bonds. The van der Waals surface area contributed by atoms with Gasteiger partial charge < -0.3 is 5.73 Å². The highest BCUT2D eigenvalue weighted by molar-refractivity contribution is 5.85. The second-order valence-corrected chi connectivity index (χ2v) is 2.37. The van der Waals surface area contributed by atoms with Crippen LogP contribution >= 0.6 is 12.4 Å². The number of hydrogen-bond donors (Lipinski definition) is 1. The Morgan fingerprint density at radius 3 is 2.77 bits per heavy atom. The molecule has 0 aliphatic carbocycles. The Balaban J connectivity index is 0.00000144. The Morgan fingerprint density at radius 1 is 1.62 bits per heavy atom. The fraction of sp³-hybridized carbons (Fsp3) is 0.250. The lowest BCUT2D eigenvalue weighted by Crippen LogP contribution is -2.10. The SMILES string of the molecule is Cl.N#CCC(N)c1ccc(F)cn1. The zero-order valence-corrected chi connectivity index (χ0v) is 7.59. The number of rotatable bonds is 2. The lowest BCUT2D eigenvalue weighted by Gasteiger charge is -2.04. The van der Waals surface area contributed by atoms with Gasteiger partial charge in [0.2, 0.25) is 0 Å². The zero-order chi connectivity index (χ0) is 8.97. The molecule has 1 rings (SSSR count). The molecule has 1 unspecified atom stereocenters. The van der Waals surface area contributed by atoms with E-state index < -0.39 is 11.9 Å². The molecule has 2 N–H and O–H groups in total. The lowest BCUT2D eigenvalue weighted by molar-refractivity contribution is 0.613. The molecule has 1 aromatic rings. The molecule has 0 aromatic carbocycles. The van der Waals surface area contributed by atoms with Crippen LogP contribution in [0.5, 0.6) is 0 Å². The molecular formula is C8H9ClFN3. The monoisotopic (exact) mass is 201 g/mol. The summed E-state index contributed by atoms with van der Waals surface area (Å²) in [5, 5.41) is 8.32. The molecule has 0 radical (unpaired) electrons. The van der Waals surface area contributed by atoms with E-state index in [4.69, 9.17) is 11.0 Å². The Labute approximate surface area is 81.8 Å². The summed E-state index contributed by atoms with van der Waals surface area (Å²) in [7, 11) is 0. The standard InChI is InChI=1S/C8H8FN3.ClH/c9-6-1-2-8(12-5-6)7(11)3-4-10;/h1-2,5,7H,3,11H2;1H. The van der Waals surface area contributed by atoms with Crippen LogP contribution in [0.1, 0.15) is 18.2 Å². The Hall–Kier alpha value is -1.18. The van der Waals surface area contributed by atoms with Crippen LogP contribution in [-0.4, -0.2) is 4.98 Å². The highest BCUT2D eigenvalue weighted by atomic mass is 35.5. The molecule has 5 heteroatoms.